The molecule has 2 unspecified atom stereocenters. The lowest BCUT2D eigenvalue weighted by Gasteiger charge is -2.16. The average molecular weight is 251 g/mol. The number of ether oxygens (including phenoxy) is 2. The van der Waals surface area contributed by atoms with E-state index in [0.29, 0.717) is 0 Å². The number of hydrogen-bond acceptors (Lipinski definition) is 5. The summed E-state index contributed by atoms with van der Waals surface area (Å²) in [4.78, 5) is 19.3. The van der Waals surface area contributed by atoms with Crippen molar-refractivity contribution in [3.8, 4) is 0 Å². The van der Waals surface area contributed by atoms with E-state index in [1.54, 1.807) is 14.2 Å². The molecule has 0 saturated heterocycles. The summed E-state index contributed by atoms with van der Waals surface area (Å²) in [5.41, 5.74) is 0. The van der Waals surface area contributed by atoms with Crippen molar-refractivity contribution in [3.05, 3.63) is 0 Å². The highest BCUT2D eigenvalue weighted by molar-refractivity contribution is 5.75. The third-order valence-corrected chi connectivity index (χ3v) is 1.73. The molecule has 0 aliphatic heterocycles. The van der Waals surface area contributed by atoms with E-state index in [-0.39, 0.29) is 25.3 Å². The van der Waals surface area contributed by atoms with Gasteiger partial charge in [-0.1, -0.05) is 0 Å². The first-order valence-electron chi connectivity index (χ1n) is 5.08. The van der Waals surface area contributed by atoms with E-state index in [4.69, 9.17) is 19.7 Å². The first kappa shape index (κ1) is 18.2. The van der Waals surface area contributed by atoms with Gasteiger partial charge in [-0.2, -0.15) is 0 Å². The van der Waals surface area contributed by atoms with Crippen molar-refractivity contribution in [1.29, 1.82) is 0 Å². The van der Waals surface area contributed by atoms with E-state index in [0.717, 1.165) is 0 Å². The van der Waals surface area contributed by atoms with Gasteiger partial charge in [-0.3, -0.25) is 14.9 Å². The fraction of sp³-hybridized carbons (Fsp3) is 0.800. The van der Waals surface area contributed by atoms with Gasteiger partial charge in [0.15, 0.2) is 0 Å². The second-order valence-corrected chi connectivity index (χ2v) is 3.21. The molecule has 7 nitrogen and oxygen atoms in total. The molecule has 0 fully saturated rings. The quantitative estimate of drug-likeness (QED) is 0.566. The van der Waals surface area contributed by atoms with Crippen LogP contribution in [0.1, 0.15) is 26.7 Å². The fourth-order valence-electron chi connectivity index (χ4n) is 0.680. The summed E-state index contributed by atoms with van der Waals surface area (Å²) in [6, 6.07) is 0. The summed E-state index contributed by atoms with van der Waals surface area (Å²) in [5, 5.41) is 18.8. The molecule has 2 atom stereocenters. The summed E-state index contributed by atoms with van der Waals surface area (Å²) in [6.45, 7) is 3.85. The molecule has 3 N–H and O–H groups in total. The standard InChI is InChI=1S/C6H15NO2.C4H6O4/c1-5(8-3)7-6(2)9-4;5-3(6)1-2-4(7)8/h5-7H,1-4H3;1-2H2,(H,5,6)(H,7,8). The number of methoxy groups -OCH3 is 2. The minimum atomic E-state index is -1.08. The normalized spacial score (nSPS) is 13.2. The van der Waals surface area contributed by atoms with Crippen LogP contribution in [0.3, 0.4) is 0 Å². The predicted octanol–water partition coefficient (Wildman–Crippen LogP) is 0.497. The van der Waals surface area contributed by atoms with Crippen molar-refractivity contribution in [2.75, 3.05) is 14.2 Å². The maximum absolute atomic E-state index is 9.64. The first-order chi connectivity index (χ1) is 7.83. The van der Waals surface area contributed by atoms with Crippen LogP contribution in [0.2, 0.25) is 0 Å². The van der Waals surface area contributed by atoms with Crippen molar-refractivity contribution < 1.29 is 29.3 Å². The molecule has 0 saturated carbocycles. The first-order valence-corrected chi connectivity index (χ1v) is 5.08. The van der Waals surface area contributed by atoms with Crippen LogP contribution in [0.5, 0.6) is 0 Å². The molecule has 0 aromatic heterocycles. The van der Waals surface area contributed by atoms with Crippen LogP contribution in [0, 0.1) is 0 Å². The van der Waals surface area contributed by atoms with Gasteiger partial charge in [-0.05, 0) is 13.8 Å². The highest BCUT2D eigenvalue weighted by Gasteiger charge is 2.02. The molecule has 0 aliphatic rings. The van der Waals surface area contributed by atoms with Crippen LogP contribution in [-0.2, 0) is 19.1 Å². The minimum absolute atomic E-state index is 0.0555. The van der Waals surface area contributed by atoms with Gasteiger partial charge in [0, 0.05) is 14.2 Å². The number of nitrogens with one attached hydrogen (secondary N) is 1. The number of hydrogen-bond donors (Lipinski definition) is 3. The summed E-state index contributed by atoms with van der Waals surface area (Å²) >= 11 is 0. The molecule has 0 bridgehead atoms. The molecule has 0 radical (unpaired) electrons. The Bertz CT molecular complexity index is 199. The van der Waals surface area contributed by atoms with E-state index in [1.165, 1.54) is 0 Å². The van der Waals surface area contributed by atoms with Crippen molar-refractivity contribution >= 4 is 11.9 Å². The largest absolute Gasteiger partial charge is 0.481 e. The fourth-order valence-corrected chi connectivity index (χ4v) is 0.680. The lowest BCUT2D eigenvalue weighted by molar-refractivity contribution is -0.143. The summed E-state index contributed by atoms with van der Waals surface area (Å²) < 4.78 is 9.86. The number of rotatable bonds is 7. The van der Waals surface area contributed by atoms with E-state index < -0.39 is 11.9 Å². The molecule has 0 aromatic carbocycles. The number of carboxylic acid groups (broad SMARTS) is 2. The van der Waals surface area contributed by atoms with Crippen molar-refractivity contribution in [1.82, 2.24) is 5.32 Å². The lowest BCUT2D eigenvalue weighted by Crippen LogP contribution is -2.36. The van der Waals surface area contributed by atoms with Crippen LogP contribution in [0.25, 0.3) is 0 Å². The van der Waals surface area contributed by atoms with Crippen molar-refractivity contribution in [2.24, 2.45) is 0 Å². The molecular formula is C10H21NO6. The zero-order valence-electron chi connectivity index (χ0n) is 10.6. The predicted molar refractivity (Wildman–Crippen MR) is 60.6 cm³/mol. The van der Waals surface area contributed by atoms with Gasteiger partial charge in [0.1, 0.15) is 12.5 Å². The van der Waals surface area contributed by atoms with E-state index in [2.05, 4.69) is 5.32 Å². The Morgan fingerprint density at radius 3 is 1.47 bits per heavy atom. The Hall–Kier alpha value is -1.18. The zero-order valence-corrected chi connectivity index (χ0v) is 10.6. The molecule has 0 spiro atoms. The third kappa shape index (κ3) is 17.4. The highest BCUT2D eigenvalue weighted by Crippen LogP contribution is 1.87. The topological polar surface area (TPSA) is 105 Å². The zero-order chi connectivity index (χ0) is 13.8. The van der Waals surface area contributed by atoms with Gasteiger partial charge in [-0.15, -0.1) is 0 Å². The Morgan fingerprint density at radius 2 is 1.29 bits per heavy atom. The van der Waals surface area contributed by atoms with Gasteiger partial charge in [0.05, 0.1) is 12.8 Å². The van der Waals surface area contributed by atoms with Gasteiger partial charge in [0.25, 0.3) is 0 Å². The second kappa shape index (κ2) is 11.3. The molecular weight excluding hydrogens is 230 g/mol. The molecule has 102 valence electrons. The van der Waals surface area contributed by atoms with Crippen LogP contribution < -0.4 is 5.32 Å². The Morgan fingerprint density at radius 1 is 1.00 bits per heavy atom. The summed E-state index contributed by atoms with van der Waals surface area (Å²) in [5.74, 6) is -2.15. The number of carbonyl (C=O) groups is 2. The van der Waals surface area contributed by atoms with E-state index in [9.17, 15) is 9.59 Å². The molecule has 7 heteroatoms. The maximum atomic E-state index is 9.64. The summed E-state index contributed by atoms with van der Waals surface area (Å²) in [7, 11) is 3.31. The van der Waals surface area contributed by atoms with Crippen LogP contribution >= 0.6 is 0 Å². The van der Waals surface area contributed by atoms with E-state index in [1.807, 2.05) is 13.8 Å². The van der Waals surface area contributed by atoms with E-state index >= 15 is 0 Å². The Labute approximate surface area is 101 Å². The van der Waals surface area contributed by atoms with Crippen molar-refractivity contribution in [2.45, 2.75) is 39.1 Å². The van der Waals surface area contributed by atoms with Crippen molar-refractivity contribution in [3.63, 3.8) is 0 Å². The maximum Gasteiger partial charge on any atom is 0.303 e. The van der Waals surface area contributed by atoms with Crippen LogP contribution in [-0.4, -0.2) is 48.8 Å². The van der Waals surface area contributed by atoms with Gasteiger partial charge in [0.2, 0.25) is 0 Å². The smallest absolute Gasteiger partial charge is 0.303 e. The Balaban J connectivity index is 0. The lowest BCUT2D eigenvalue weighted by atomic mass is 10.3. The van der Waals surface area contributed by atoms with Crippen LogP contribution in [0.15, 0.2) is 0 Å². The molecule has 17 heavy (non-hydrogen) atoms. The minimum Gasteiger partial charge on any atom is -0.481 e. The third-order valence-electron chi connectivity index (χ3n) is 1.73. The van der Waals surface area contributed by atoms with Gasteiger partial charge in [-0.25, -0.2) is 0 Å². The summed E-state index contributed by atoms with van der Waals surface area (Å²) in [6.07, 6.45) is -0.482. The molecule has 0 amide bonds. The van der Waals surface area contributed by atoms with Gasteiger partial charge >= 0.3 is 11.9 Å². The van der Waals surface area contributed by atoms with Gasteiger partial charge < -0.3 is 19.7 Å². The highest BCUT2D eigenvalue weighted by atomic mass is 16.5. The molecule has 0 heterocycles. The molecule has 0 aliphatic carbocycles. The average Bonchev–Trinajstić information content (AvgIpc) is 2.26. The Kier molecular flexibility index (Phi) is 12.1. The molecule has 0 rings (SSSR count). The monoisotopic (exact) mass is 251 g/mol. The SMILES string of the molecule is COC(C)NC(C)OC.O=C(O)CCC(=O)O. The second-order valence-electron chi connectivity index (χ2n) is 3.21. The molecule has 0 aromatic rings. The van der Waals surface area contributed by atoms with Crippen LogP contribution in [0.4, 0.5) is 0 Å². The number of carboxylic acids is 2. The number of aliphatic carboxylic acids is 2.